The molecule has 9 heteroatoms. The minimum Gasteiger partial charge on any atom is -0.456 e. The van der Waals surface area contributed by atoms with Gasteiger partial charge in [-0.1, -0.05) is 29.4 Å². The van der Waals surface area contributed by atoms with Crippen molar-refractivity contribution in [1.29, 1.82) is 0 Å². The fourth-order valence-corrected chi connectivity index (χ4v) is 5.93. The van der Waals surface area contributed by atoms with Gasteiger partial charge in [0, 0.05) is 5.92 Å². The molecule has 1 saturated heterocycles. The van der Waals surface area contributed by atoms with Crippen molar-refractivity contribution in [3.63, 3.8) is 0 Å². The second kappa shape index (κ2) is 6.92. The SMILES string of the molecule is O=C1NC(=O)C(C2c3ccc(Oc4ccc(C(F)(F)F)cc4Cl)cc3C3CC2C3)S1. The molecule has 2 aromatic carbocycles. The van der Waals surface area contributed by atoms with E-state index < -0.39 is 17.0 Å². The summed E-state index contributed by atoms with van der Waals surface area (Å²) in [6.45, 7) is 0. The molecule has 2 amide bonds. The van der Waals surface area contributed by atoms with Gasteiger partial charge in [-0.3, -0.25) is 14.9 Å². The zero-order valence-corrected chi connectivity index (χ0v) is 16.9. The molecule has 156 valence electrons. The predicted octanol–water partition coefficient (Wildman–Crippen LogP) is 6.09. The number of carbonyl (C=O) groups excluding carboxylic acids is 2. The number of halogens is 4. The quantitative estimate of drug-likeness (QED) is 0.610. The van der Waals surface area contributed by atoms with E-state index in [0.29, 0.717) is 17.6 Å². The molecule has 1 saturated carbocycles. The number of amides is 2. The van der Waals surface area contributed by atoms with Gasteiger partial charge in [0.15, 0.2) is 0 Å². The average Bonchev–Trinajstić information content (AvgIpc) is 2.98. The van der Waals surface area contributed by atoms with Crippen LogP contribution in [0.15, 0.2) is 36.4 Å². The first-order chi connectivity index (χ1) is 14.2. The van der Waals surface area contributed by atoms with Gasteiger partial charge in [0.05, 0.1) is 10.6 Å². The minimum absolute atomic E-state index is 0.0369. The van der Waals surface area contributed by atoms with Gasteiger partial charge < -0.3 is 4.74 Å². The third kappa shape index (κ3) is 3.26. The van der Waals surface area contributed by atoms with Crippen LogP contribution < -0.4 is 10.1 Å². The van der Waals surface area contributed by atoms with Crippen LogP contribution in [-0.4, -0.2) is 16.4 Å². The third-order valence-corrected chi connectivity index (χ3v) is 7.44. The van der Waals surface area contributed by atoms with E-state index in [4.69, 9.17) is 16.3 Å². The molecule has 4 nitrogen and oxygen atoms in total. The summed E-state index contributed by atoms with van der Waals surface area (Å²) in [7, 11) is 0. The second-order valence-corrected chi connectivity index (χ2v) is 9.33. The lowest BCUT2D eigenvalue weighted by Gasteiger charge is -2.49. The number of imide groups is 1. The highest BCUT2D eigenvalue weighted by molar-refractivity contribution is 8.15. The van der Waals surface area contributed by atoms with Crippen LogP contribution in [-0.2, 0) is 11.0 Å². The summed E-state index contributed by atoms with van der Waals surface area (Å²) < 4.78 is 44.3. The lowest BCUT2D eigenvalue weighted by Crippen LogP contribution is -2.41. The van der Waals surface area contributed by atoms with Crippen LogP contribution in [0.1, 0.15) is 41.4 Å². The van der Waals surface area contributed by atoms with Gasteiger partial charge in [-0.05, 0) is 66.1 Å². The van der Waals surface area contributed by atoms with E-state index in [9.17, 15) is 22.8 Å². The van der Waals surface area contributed by atoms with E-state index in [-0.39, 0.29) is 27.8 Å². The van der Waals surface area contributed by atoms with Crippen molar-refractivity contribution < 1.29 is 27.5 Å². The van der Waals surface area contributed by atoms with E-state index in [2.05, 4.69) is 5.32 Å². The fraction of sp³-hybridized carbons (Fsp3) is 0.333. The summed E-state index contributed by atoms with van der Waals surface area (Å²) in [4.78, 5) is 23.9. The van der Waals surface area contributed by atoms with Gasteiger partial charge >= 0.3 is 6.18 Å². The summed E-state index contributed by atoms with van der Waals surface area (Å²) in [6.07, 6.45) is -2.59. The van der Waals surface area contributed by atoms with E-state index >= 15 is 0 Å². The van der Waals surface area contributed by atoms with Crippen molar-refractivity contribution in [2.75, 3.05) is 0 Å². The lowest BCUT2D eigenvalue weighted by atomic mass is 9.56. The maximum Gasteiger partial charge on any atom is 0.416 e. The van der Waals surface area contributed by atoms with Crippen LogP contribution in [0.2, 0.25) is 5.02 Å². The van der Waals surface area contributed by atoms with Gasteiger partial charge in [0.2, 0.25) is 5.91 Å². The zero-order valence-electron chi connectivity index (χ0n) is 15.3. The molecule has 2 unspecified atom stereocenters. The van der Waals surface area contributed by atoms with Gasteiger partial charge in [0.1, 0.15) is 16.7 Å². The van der Waals surface area contributed by atoms with Crippen LogP contribution in [0.3, 0.4) is 0 Å². The Balaban J connectivity index is 1.43. The molecule has 0 spiro atoms. The molecular formula is C21H15ClF3NO3S. The number of thioether (sulfide) groups is 1. The smallest absolute Gasteiger partial charge is 0.416 e. The van der Waals surface area contributed by atoms with E-state index in [0.717, 1.165) is 47.9 Å². The summed E-state index contributed by atoms with van der Waals surface area (Å²) in [5.74, 6) is 1.05. The number of ether oxygens (including phenoxy) is 1. The van der Waals surface area contributed by atoms with Gasteiger partial charge in [0.25, 0.3) is 5.24 Å². The third-order valence-electron chi connectivity index (χ3n) is 6.07. The molecule has 1 aliphatic heterocycles. The fourth-order valence-electron chi connectivity index (χ4n) is 4.64. The van der Waals surface area contributed by atoms with Crippen molar-refractivity contribution in [2.45, 2.75) is 36.1 Å². The Bertz CT molecular complexity index is 1070. The number of hydrogen-bond donors (Lipinski definition) is 1. The molecular weight excluding hydrogens is 439 g/mol. The van der Waals surface area contributed by atoms with Gasteiger partial charge in [-0.25, -0.2) is 0 Å². The van der Waals surface area contributed by atoms with Crippen molar-refractivity contribution in [3.05, 3.63) is 58.1 Å². The van der Waals surface area contributed by atoms with Crippen LogP contribution >= 0.6 is 23.4 Å². The maximum absolute atomic E-state index is 12.8. The molecule has 2 bridgehead atoms. The molecule has 2 aromatic rings. The number of hydrogen-bond acceptors (Lipinski definition) is 4. The number of carbonyl (C=O) groups is 2. The van der Waals surface area contributed by atoms with Crippen molar-refractivity contribution in [2.24, 2.45) is 5.92 Å². The van der Waals surface area contributed by atoms with Gasteiger partial charge in [-0.2, -0.15) is 13.2 Å². The highest BCUT2D eigenvalue weighted by Gasteiger charge is 2.51. The molecule has 0 radical (unpaired) electrons. The lowest BCUT2D eigenvalue weighted by molar-refractivity contribution is -0.137. The van der Waals surface area contributed by atoms with Gasteiger partial charge in [-0.15, -0.1) is 0 Å². The molecule has 2 fully saturated rings. The second-order valence-electron chi connectivity index (χ2n) is 7.81. The normalized spacial score (nSPS) is 27.3. The Morgan fingerprint density at radius 3 is 2.47 bits per heavy atom. The van der Waals surface area contributed by atoms with Crippen molar-refractivity contribution in [3.8, 4) is 11.5 Å². The Morgan fingerprint density at radius 2 is 1.83 bits per heavy atom. The standard InChI is InChI=1S/C21H15ClF3NO3S/c22-15-7-11(21(23,24)25)1-4-16(15)29-12-2-3-13-14(8-12)9-5-10(6-9)17(13)18-19(27)26-20(28)30-18/h1-4,7-10,17-18H,5-6H2,(H,26,27,28). The van der Waals surface area contributed by atoms with Crippen molar-refractivity contribution in [1.82, 2.24) is 5.32 Å². The Labute approximate surface area is 179 Å². The first-order valence-electron chi connectivity index (χ1n) is 9.40. The summed E-state index contributed by atoms with van der Waals surface area (Å²) in [6, 6.07) is 8.47. The van der Waals surface area contributed by atoms with E-state index in [1.807, 2.05) is 12.1 Å². The van der Waals surface area contributed by atoms with Crippen LogP contribution in [0.4, 0.5) is 18.0 Å². The number of alkyl halides is 3. The molecule has 4 aliphatic rings. The van der Waals surface area contributed by atoms with E-state index in [1.165, 1.54) is 6.07 Å². The number of rotatable bonds is 3. The highest BCUT2D eigenvalue weighted by atomic mass is 35.5. The first-order valence-corrected chi connectivity index (χ1v) is 10.7. The molecule has 0 aromatic heterocycles. The van der Waals surface area contributed by atoms with Crippen LogP contribution in [0.25, 0.3) is 0 Å². The number of nitrogens with one attached hydrogen (secondary N) is 1. The summed E-state index contributed by atoms with van der Waals surface area (Å²) in [5.41, 5.74) is 1.27. The molecule has 2 atom stereocenters. The monoisotopic (exact) mass is 453 g/mol. The highest BCUT2D eigenvalue weighted by Crippen LogP contribution is 2.59. The maximum atomic E-state index is 12.8. The van der Waals surface area contributed by atoms with E-state index in [1.54, 1.807) is 6.07 Å². The predicted molar refractivity (Wildman–Crippen MR) is 106 cm³/mol. The summed E-state index contributed by atoms with van der Waals surface area (Å²) in [5, 5.41) is 1.49. The Kier molecular flexibility index (Phi) is 4.56. The van der Waals surface area contributed by atoms with Crippen LogP contribution in [0, 0.1) is 5.92 Å². The molecule has 1 heterocycles. The topological polar surface area (TPSA) is 55.4 Å². The zero-order chi connectivity index (χ0) is 21.2. The number of benzene rings is 2. The van der Waals surface area contributed by atoms with Crippen LogP contribution in [0.5, 0.6) is 11.5 Å². The molecule has 30 heavy (non-hydrogen) atoms. The minimum atomic E-state index is -4.48. The molecule has 3 aliphatic carbocycles. The Hall–Kier alpha value is -2.19. The molecule has 6 rings (SSSR count). The molecule has 1 N–H and O–H groups in total. The average molecular weight is 454 g/mol. The first kappa shape index (κ1) is 19.8. The Morgan fingerprint density at radius 1 is 1.07 bits per heavy atom. The summed E-state index contributed by atoms with van der Waals surface area (Å²) >= 11 is 7.04. The van der Waals surface area contributed by atoms with Crippen molar-refractivity contribution >= 4 is 34.5 Å². The largest absolute Gasteiger partial charge is 0.456 e.